The van der Waals surface area contributed by atoms with Gasteiger partial charge >= 0.3 is 0 Å². The lowest BCUT2D eigenvalue weighted by atomic mass is 10.1. The van der Waals surface area contributed by atoms with Crippen LogP contribution in [0.2, 0.25) is 0 Å². The molecule has 4 rings (SSSR count). The van der Waals surface area contributed by atoms with Crippen molar-refractivity contribution in [2.45, 2.75) is 19.8 Å². The monoisotopic (exact) mass is 429 g/mol. The molecule has 164 valence electrons. The second-order valence-electron chi connectivity index (χ2n) is 7.87. The van der Waals surface area contributed by atoms with Crippen LogP contribution in [0.15, 0.2) is 77.0 Å². The Morgan fingerprint density at radius 1 is 1.09 bits per heavy atom. The quantitative estimate of drug-likeness (QED) is 0.420. The Labute approximate surface area is 187 Å². The maximum absolute atomic E-state index is 12.8. The van der Waals surface area contributed by atoms with Crippen molar-refractivity contribution >= 4 is 23.6 Å². The smallest absolute Gasteiger partial charge is 0.267 e. The lowest BCUT2D eigenvalue weighted by Gasteiger charge is -2.19. The summed E-state index contributed by atoms with van der Waals surface area (Å²) < 4.78 is 5.33. The Morgan fingerprint density at radius 2 is 1.97 bits per heavy atom. The van der Waals surface area contributed by atoms with Crippen LogP contribution < -0.4 is 15.5 Å². The molecular weight excluding hydrogens is 402 g/mol. The highest BCUT2D eigenvalue weighted by Crippen LogP contribution is 2.27. The zero-order valence-electron chi connectivity index (χ0n) is 18.1. The summed E-state index contributed by atoms with van der Waals surface area (Å²) >= 11 is 0. The van der Waals surface area contributed by atoms with E-state index in [0.29, 0.717) is 17.9 Å². The molecule has 2 aromatic carbocycles. The number of carbonyl (C=O) groups is 2. The SMILES string of the molecule is Cc1cccc(C(=O)N/C(=C\c2ccco2)C(=O)NCCCN2CCc3ccccc32)c1. The highest BCUT2D eigenvalue weighted by molar-refractivity contribution is 6.05. The molecule has 1 aromatic heterocycles. The van der Waals surface area contributed by atoms with Gasteiger partial charge in [0.2, 0.25) is 0 Å². The normalized spacial score (nSPS) is 13.0. The number of hydrogen-bond acceptors (Lipinski definition) is 4. The van der Waals surface area contributed by atoms with Crippen molar-refractivity contribution in [1.82, 2.24) is 10.6 Å². The van der Waals surface area contributed by atoms with E-state index >= 15 is 0 Å². The first-order valence-corrected chi connectivity index (χ1v) is 10.8. The van der Waals surface area contributed by atoms with Crippen LogP contribution in [0.1, 0.15) is 33.7 Å². The Balaban J connectivity index is 1.36. The highest BCUT2D eigenvalue weighted by atomic mass is 16.3. The van der Waals surface area contributed by atoms with Crippen LogP contribution in [0.25, 0.3) is 6.08 Å². The minimum absolute atomic E-state index is 0.151. The predicted octanol–water partition coefficient (Wildman–Crippen LogP) is 3.93. The van der Waals surface area contributed by atoms with Gasteiger partial charge in [-0.05, 0) is 55.7 Å². The summed E-state index contributed by atoms with van der Waals surface area (Å²) in [6, 6.07) is 19.1. The Kier molecular flexibility index (Phi) is 6.70. The molecule has 0 fully saturated rings. The van der Waals surface area contributed by atoms with Crippen LogP contribution in [0.3, 0.4) is 0 Å². The van der Waals surface area contributed by atoms with E-state index in [1.165, 1.54) is 17.5 Å². The summed E-state index contributed by atoms with van der Waals surface area (Å²) in [5.74, 6) is -0.187. The second kappa shape index (κ2) is 10.0. The van der Waals surface area contributed by atoms with Crippen molar-refractivity contribution in [3.05, 3.63) is 95.1 Å². The number of rotatable bonds is 8. The first kappa shape index (κ1) is 21.4. The van der Waals surface area contributed by atoms with Gasteiger partial charge in [-0.25, -0.2) is 0 Å². The van der Waals surface area contributed by atoms with Gasteiger partial charge < -0.3 is 20.0 Å². The zero-order chi connectivity index (χ0) is 22.3. The summed E-state index contributed by atoms with van der Waals surface area (Å²) in [4.78, 5) is 27.9. The molecule has 3 aromatic rings. The summed E-state index contributed by atoms with van der Waals surface area (Å²) in [7, 11) is 0. The average Bonchev–Trinajstić information content (AvgIpc) is 3.46. The summed E-state index contributed by atoms with van der Waals surface area (Å²) in [5.41, 5.74) is 4.28. The number of carbonyl (C=O) groups excluding carboxylic acids is 2. The van der Waals surface area contributed by atoms with E-state index in [1.54, 1.807) is 30.3 Å². The molecule has 0 saturated carbocycles. The number of hydrogen-bond donors (Lipinski definition) is 2. The Morgan fingerprint density at radius 3 is 2.78 bits per heavy atom. The predicted molar refractivity (Wildman–Crippen MR) is 125 cm³/mol. The average molecular weight is 430 g/mol. The van der Waals surface area contributed by atoms with Gasteiger partial charge in [0.25, 0.3) is 11.8 Å². The molecule has 0 bridgehead atoms. The minimum Gasteiger partial charge on any atom is -0.465 e. The fourth-order valence-electron chi connectivity index (χ4n) is 3.86. The Bertz CT molecular complexity index is 1120. The first-order valence-electron chi connectivity index (χ1n) is 10.8. The molecular formula is C26H27N3O3. The number of anilines is 1. The molecule has 0 aliphatic carbocycles. The maximum Gasteiger partial charge on any atom is 0.267 e. The number of nitrogens with one attached hydrogen (secondary N) is 2. The molecule has 32 heavy (non-hydrogen) atoms. The topological polar surface area (TPSA) is 74.6 Å². The van der Waals surface area contributed by atoms with Crippen LogP contribution in [-0.4, -0.2) is 31.4 Å². The molecule has 0 unspecified atom stereocenters. The molecule has 0 spiro atoms. The standard InChI is InChI=1S/C26H27N3O3/c1-19-7-4-9-21(17-19)25(30)28-23(18-22-10-5-16-32-22)26(31)27-13-6-14-29-15-12-20-8-2-3-11-24(20)29/h2-5,7-11,16-18H,6,12-15H2,1H3,(H,27,31)(H,28,30)/b23-18-. The van der Waals surface area contributed by atoms with Gasteiger partial charge in [0.15, 0.2) is 0 Å². The molecule has 2 N–H and O–H groups in total. The Hall–Kier alpha value is -3.80. The number of furan rings is 1. The molecule has 6 heteroatoms. The molecule has 6 nitrogen and oxygen atoms in total. The highest BCUT2D eigenvalue weighted by Gasteiger charge is 2.18. The van der Waals surface area contributed by atoms with Crippen LogP contribution in [0.4, 0.5) is 5.69 Å². The van der Waals surface area contributed by atoms with E-state index in [1.807, 2.05) is 19.1 Å². The fourth-order valence-corrected chi connectivity index (χ4v) is 3.86. The van der Waals surface area contributed by atoms with Gasteiger partial charge in [-0.1, -0.05) is 35.9 Å². The number of para-hydroxylation sites is 1. The summed E-state index contributed by atoms with van der Waals surface area (Å²) in [6.45, 7) is 4.29. The second-order valence-corrected chi connectivity index (χ2v) is 7.87. The van der Waals surface area contributed by atoms with Crippen molar-refractivity contribution in [2.75, 3.05) is 24.5 Å². The number of benzene rings is 2. The van der Waals surface area contributed by atoms with E-state index in [9.17, 15) is 9.59 Å². The van der Waals surface area contributed by atoms with E-state index in [2.05, 4.69) is 39.8 Å². The van der Waals surface area contributed by atoms with Gasteiger partial charge in [0.05, 0.1) is 6.26 Å². The van der Waals surface area contributed by atoms with Crippen molar-refractivity contribution in [3.63, 3.8) is 0 Å². The van der Waals surface area contributed by atoms with Crippen molar-refractivity contribution in [1.29, 1.82) is 0 Å². The van der Waals surface area contributed by atoms with Crippen molar-refractivity contribution in [2.24, 2.45) is 0 Å². The molecule has 0 radical (unpaired) electrons. The number of amides is 2. The number of nitrogens with zero attached hydrogens (tertiary/aromatic N) is 1. The minimum atomic E-state index is -0.343. The largest absolute Gasteiger partial charge is 0.465 e. The van der Waals surface area contributed by atoms with Gasteiger partial charge in [0, 0.05) is 37.0 Å². The lowest BCUT2D eigenvalue weighted by Crippen LogP contribution is -2.36. The van der Waals surface area contributed by atoms with E-state index in [0.717, 1.165) is 31.5 Å². The number of fused-ring (bicyclic) bond motifs is 1. The molecule has 0 saturated heterocycles. The summed E-state index contributed by atoms with van der Waals surface area (Å²) in [5, 5.41) is 5.65. The van der Waals surface area contributed by atoms with E-state index in [-0.39, 0.29) is 17.5 Å². The van der Waals surface area contributed by atoms with Crippen molar-refractivity contribution < 1.29 is 14.0 Å². The molecule has 0 atom stereocenters. The molecule has 2 heterocycles. The lowest BCUT2D eigenvalue weighted by molar-refractivity contribution is -0.117. The summed E-state index contributed by atoms with van der Waals surface area (Å²) in [6.07, 6.45) is 4.93. The molecule has 1 aliphatic rings. The first-order chi connectivity index (χ1) is 15.6. The molecule has 2 amide bonds. The van der Waals surface area contributed by atoms with Crippen LogP contribution in [0, 0.1) is 6.92 Å². The third-order valence-corrected chi connectivity index (χ3v) is 5.48. The van der Waals surface area contributed by atoms with E-state index < -0.39 is 0 Å². The van der Waals surface area contributed by atoms with E-state index in [4.69, 9.17) is 4.42 Å². The molecule has 1 aliphatic heterocycles. The van der Waals surface area contributed by atoms with Crippen LogP contribution in [-0.2, 0) is 11.2 Å². The van der Waals surface area contributed by atoms with Crippen molar-refractivity contribution in [3.8, 4) is 0 Å². The fraction of sp³-hybridized carbons (Fsp3) is 0.231. The third-order valence-electron chi connectivity index (χ3n) is 5.48. The maximum atomic E-state index is 12.8. The zero-order valence-corrected chi connectivity index (χ0v) is 18.1. The van der Waals surface area contributed by atoms with Crippen LogP contribution in [0.5, 0.6) is 0 Å². The van der Waals surface area contributed by atoms with Gasteiger partial charge in [0.1, 0.15) is 11.5 Å². The third kappa shape index (κ3) is 5.27. The number of aryl methyl sites for hydroxylation is 1. The van der Waals surface area contributed by atoms with Gasteiger partial charge in [-0.3, -0.25) is 9.59 Å². The van der Waals surface area contributed by atoms with Gasteiger partial charge in [-0.2, -0.15) is 0 Å². The van der Waals surface area contributed by atoms with Crippen LogP contribution >= 0.6 is 0 Å². The van der Waals surface area contributed by atoms with Gasteiger partial charge in [-0.15, -0.1) is 0 Å².